The Morgan fingerprint density at radius 3 is 3.00 bits per heavy atom. The number of ketones is 1. The number of methoxy groups -OCH3 is 1. The lowest BCUT2D eigenvalue weighted by molar-refractivity contribution is -0.123. The molecule has 0 spiro atoms. The summed E-state index contributed by atoms with van der Waals surface area (Å²) in [7, 11) is 1.60. The Hall–Kier alpha value is -1.06. The molecule has 1 aromatic carbocycles. The molecule has 1 aromatic rings. The average molecular weight is 283 g/mol. The van der Waals surface area contributed by atoms with Gasteiger partial charge in [0.2, 0.25) is 0 Å². The summed E-state index contributed by atoms with van der Waals surface area (Å²) in [6, 6.07) is 5.37. The fourth-order valence-electron chi connectivity index (χ4n) is 2.62. The second-order valence-corrected chi connectivity index (χ2v) is 5.25. The van der Waals surface area contributed by atoms with Crippen LogP contribution in [-0.4, -0.2) is 25.6 Å². The standard InChI is InChI=1S/C15H19ClO3/c1-3-14-12(6-7-19-14)13(17)9-10-8-11(16)4-5-15(10)18-2/h4-5,8,12,14H,3,6-7,9H2,1-2H3. The van der Waals surface area contributed by atoms with Gasteiger partial charge in [-0.05, 0) is 31.0 Å². The molecule has 0 N–H and O–H groups in total. The van der Waals surface area contributed by atoms with E-state index in [1.54, 1.807) is 25.3 Å². The van der Waals surface area contributed by atoms with Crippen molar-refractivity contribution in [1.82, 2.24) is 0 Å². The molecule has 0 bridgehead atoms. The molecule has 0 radical (unpaired) electrons. The summed E-state index contributed by atoms with van der Waals surface area (Å²) in [5.74, 6) is 0.934. The van der Waals surface area contributed by atoms with Crippen molar-refractivity contribution in [2.24, 2.45) is 5.92 Å². The predicted octanol–water partition coefficient (Wildman–Crippen LogP) is 3.28. The van der Waals surface area contributed by atoms with Crippen LogP contribution in [0, 0.1) is 5.92 Å². The van der Waals surface area contributed by atoms with E-state index in [0.717, 1.165) is 18.4 Å². The highest BCUT2D eigenvalue weighted by molar-refractivity contribution is 6.30. The number of carbonyl (C=O) groups excluding carboxylic acids is 1. The number of benzene rings is 1. The number of ether oxygens (including phenoxy) is 2. The highest BCUT2D eigenvalue weighted by Crippen LogP contribution is 2.28. The second kappa shape index (κ2) is 6.40. The van der Waals surface area contributed by atoms with Gasteiger partial charge in [0.15, 0.2) is 0 Å². The predicted molar refractivity (Wildman–Crippen MR) is 74.9 cm³/mol. The third kappa shape index (κ3) is 3.28. The van der Waals surface area contributed by atoms with Gasteiger partial charge in [-0.25, -0.2) is 0 Å². The molecule has 2 rings (SSSR count). The van der Waals surface area contributed by atoms with E-state index in [0.29, 0.717) is 23.8 Å². The van der Waals surface area contributed by atoms with Gasteiger partial charge in [0, 0.05) is 29.5 Å². The summed E-state index contributed by atoms with van der Waals surface area (Å²) in [4.78, 5) is 12.4. The van der Waals surface area contributed by atoms with Crippen LogP contribution >= 0.6 is 11.6 Å². The molecule has 0 saturated carbocycles. The Morgan fingerprint density at radius 2 is 2.32 bits per heavy atom. The van der Waals surface area contributed by atoms with Crippen molar-refractivity contribution < 1.29 is 14.3 Å². The number of carbonyl (C=O) groups is 1. The van der Waals surface area contributed by atoms with Gasteiger partial charge >= 0.3 is 0 Å². The lowest BCUT2D eigenvalue weighted by Gasteiger charge is -2.16. The van der Waals surface area contributed by atoms with E-state index in [-0.39, 0.29) is 17.8 Å². The van der Waals surface area contributed by atoms with Crippen LogP contribution in [0.5, 0.6) is 5.75 Å². The van der Waals surface area contributed by atoms with Gasteiger partial charge in [0.25, 0.3) is 0 Å². The molecule has 0 aliphatic carbocycles. The maximum Gasteiger partial charge on any atom is 0.143 e. The first-order valence-electron chi connectivity index (χ1n) is 6.62. The molecule has 4 heteroatoms. The molecule has 0 aromatic heterocycles. The van der Waals surface area contributed by atoms with Crippen LogP contribution in [0.25, 0.3) is 0 Å². The molecule has 3 nitrogen and oxygen atoms in total. The maximum atomic E-state index is 12.4. The van der Waals surface area contributed by atoms with Gasteiger partial charge in [0.05, 0.1) is 13.2 Å². The van der Waals surface area contributed by atoms with Gasteiger partial charge in [0.1, 0.15) is 11.5 Å². The van der Waals surface area contributed by atoms with Crippen LogP contribution in [0.1, 0.15) is 25.3 Å². The summed E-state index contributed by atoms with van der Waals surface area (Å²) < 4.78 is 10.9. The summed E-state index contributed by atoms with van der Waals surface area (Å²) >= 11 is 5.98. The highest BCUT2D eigenvalue weighted by atomic mass is 35.5. The lowest BCUT2D eigenvalue weighted by atomic mass is 9.91. The molecule has 1 heterocycles. The third-order valence-electron chi connectivity index (χ3n) is 3.63. The largest absolute Gasteiger partial charge is 0.496 e. The number of hydrogen-bond donors (Lipinski definition) is 0. The zero-order valence-electron chi connectivity index (χ0n) is 11.3. The zero-order chi connectivity index (χ0) is 13.8. The van der Waals surface area contributed by atoms with Gasteiger partial charge < -0.3 is 9.47 Å². The molecule has 2 atom stereocenters. The average Bonchev–Trinajstić information content (AvgIpc) is 2.87. The van der Waals surface area contributed by atoms with Crippen LogP contribution in [0.15, 0.2) is 18.2 Å². The molecule has 1 fully saturated rings. The SMILES string of the molecule is CCC1OCCC1C(=O)Cc1cc(Cl)ccc1OC. The van der Waals surface area contributed by atoms with Crippen molar-refractivity contribution in [1.29, 1.82) is 0 Å². The maximum absolute atomic E-state index is 12.4. The molecule has 1 aliphatic heterocycles. The monoisotopic (exact) mass is 282 g/mol. The minimum atomic E-state index is 0.00804. The van der Waals surface area contributed by atoms with Crippen molar-refractivity contribution in [3.63, 3.8) is 0 Å². The number of Topliss-reactive ketones (excluding diaryl/α,β-unsaturated/α-hetero) is 1. The highest BCUT2D eigenvalue weighted by Gasteiger charge is 2.32. The Balaban J connectivity index is 2.12. The molecule has 2 unspecified atom stereocenters. The summed E-state index contributed by atoms with van der Waals surface area (Å²) in [6.45, 7) is 2.73. The Bertz CT molecular complexity index is 459. The molecular formula is C15H19ClO3. The molecular weight excluding hydrogens is 264 g/mol. The van der Waals surface area contributed by atoms with Crippen LogP contribution in [0.3, 0.4) is 0 Å². The van der Waals surface area contributed by atoms with Crippen LogP contribution in [0.4, 0.5) is 0 Å². The Morgan fingerprint density at radius 1 is 1.53 bits per heavy atom. The van der Waals surface area contributed by atoms with Crippen molar-refractivity contribution in [2.75, 3.05) is 13.7 Å². The molecule has 0 amide bonds. The summed E-state index contributed by atoms with van der Waals surface area (Å²) in [6.07, 6.45) is 2.12. The first-order chi connectivity index (χ1) is 9.15. The second-order valence-electron chi connectivity index (χ2n) is 4.81. The summed E-state index contributed by atoms with van der Waals surface area (Å²) in [5, 5.41) is 0.623. The Kier molecular flexibility index (Phi) is 4.83. The van der Waals surface area contributed by atoms with E-state index in [4.69, 9.17) is 21.1 Å². The van der Waals surface area contributed by atoms with Gasteiger partial charge in [-0.3, -0.25) is 4.79 Å². The first-order valence-corrected chi connectivity index (χ1v) is 7.00. The van der Waals surface area contributed by atoms with Crippen molar-refractivity contribution in [3.8, 4) is 5.75 Å². The fraction of sp³-hybridized carbons (Fsp3) is 0.533. The van der Waals surface area contributed by atoms with E-state index in [9.17, 15) is 4.79 Å². The van der Waals surface area contributed by atoms with Crippen molar-refractivity contribution >= 4 is 17.4 Å². The van der Waals surface area contributed by atoms with Crippen molar-refractivity contribution in [2.45, 2.75) is 32.3 Å². The normalized spacial score (nSPS) is 22.5. The summed E-state index contributed by atoms with van der Waals surface area (Å²) in [5.41, 5.74) is 0.849. The fourth-order valence-corrected chi connectivity index (χ4v) is 2.82. The molecule has 104 valence electrons. The molecule has 19 heavy (non-hydrogen) atoms. The van der Waals surface area contributed by atoms with Gasteiger partial charge in [-0.1, -0.05) is 18.5 Å². The number of hydrogen-bond acceptors (Lipinski definition) is 3. The molecule has 1 aliphatic rings. The van der Waals surface area contributed by atoms with Gasteiger partial charge in [-0.2, -0.15) is 0 Å². The number of rotatable bonds is 5. The third-order valence-corrected chi connectivity index (χ3v) is 3.87. The molecule has 1 saturated heterocycles. The topological polar surface area (TPSA) is 35.5 Å². The van der Waals surface area contributed by atoms with E-state index < -0.39 is 0 Å². The zero-order valence-corrected chi connectivity index (χ0v) is 12.1. The minimum Gasteiger partial charge on any atom is -0.496 e. The van der Waals surface area contributed by atoms with Crippen LogP contribution < -0.4 is 4.74 Å². The Labute approximate surface area is 118 Å². The van der Waals surface area contributed by atoms with E-state index >= 15 is 0 Å². The van der Waals surface area contributed by atoms with Crippen molar-refractivity contribution in [3.05, 3.63) is 28.8 Å². The number of halogens is 1. The van der Waals surface area contributed by atoms with E-state index in [1.807, 2.05) is 0 Å². The first kappa shape index (κ1) is 14.4. The van der Waals surface area contributed by atoms with E-state index in [2.05, 4.69) is 6.92 Å². The smallest absolute Gasteiger partial charge is 0.143 e. The van der Waals surface area contributed by atoms with Gasteiger partial charge in [-0.15, -0.1) is 0 Å². The van der Waals surface area contributed by atoms with Crippen LogP contribution in [-0.2, 0) is 16.0 Å². The van der Waals surface area contributed by atoms with Crippen LogP contribution in [0.2, 0.25) is 5.02 Å². The quantitative estimate of drug-likeness (QED) is 0.831. The minimum absolute atomic E-state index is 0.00804. The lowest BCUT2D eigenvalue weighted by Crippen LogP contribution is -2.25. The van der Waals surface area contributed by atoms with E-state index in [1.165, 1.54) is 0 Å².